The fourth-order valence-corrected chi connectivity index (χ4v) is 9.77. The Morgan fingerprint density at radius 1 is 0.919 bits per heavy atom. The van der Waals surface area contributed by atoms with Gasteiger partial charge in [0.2, 0.25) is 23.0 Å². The van der Waals surface area contributed by atoms with Crippen molar-refractivity contribution in [3.05, 3.63) is 69.3 Å². The lowest BCUT2D eigenvalue weighted by atomic mass is 10.1. The highest BCUT2D eigenvalue weighted by Crippen LogP contribution is 2.44. The van der Waals surface area contributed by atoms with Crippen LogP contribution in [-0.2, 0) is 27.9 Å². The average molecular weight is 1200 g/mol. The molecule has 1 aromatic carbocycles. The molecule has 410 valence electrons. The first-order chi connectivity index (χ1) is 35.2. The SMILES string of the molecule is CC(C)C(=O)Cl.CC(C)C(=O)Nc1nc2c(ncn2[C@@H]2O[C@H](CO)[C@@H](N)[C@H]2O[Si](C)(C)C(C)(C)C)c(=O)[nH]1.CC[C@H]1O[C@@H](n2cnc3c(=O)[nH]c(N)nc32)[C@H](O[Si](C)(C)C(C)(C)C)[C@@H]1N=Cc1ccccc1.[2H]N([3H])I. The molecule has 2 saturated heterocycles. The second kappa shape index (κ2) is 25.7. The lowest BCUT2D eigenvalue weighted by Crippen LogP contribution is -2.51. The Morgan fingerprint density at radius 3 is 1.86 bits per heavy atom. The van der Waals surface area contributed by atoms with E-state index in [1.165, 1.54) is 29.2 Å². The number of nitrogen functional groups attached to an aromatic ring is 1. The van der Waals surface area contributed by atoms with Crippen LogP contribution < -0.4 is 31.8 Å². The number of nitrogens with zero attached hydrogens (tertiary/aromatic N) is 7. The summed E-state index contributed by atoms with van der Waals surface area (Å²) in [5.74, 6) is -0.538. The first kappa shape index (κ1) is 59.0. The highest BCUT2D eigenvalue weighted by atomic mass is 127. The molecule has 1 amide bonds. The third-order valence-corrected chi connectivity index (χ3v) is 23.0. The molecule has 0 aliphatic carbocycles. The smallest absolute Gasteiger partial charge is 0.280 e. The third-order valence-electron chi connectivity index (χ3n) is 13.6. The number of benzene rings is 1. The summed E-state index contributed by atoms with van der Waals surface area (Å²) in [5, 5.41) is 12.0. The van der Waals surface area contributed by atoms with Gasteiger partial charge in [-0.3, -0.25) is 52.5 Å². The molecule has 0 radical (unpaired) electrons. The molecule has 6 heterocycles. The number of nitrogens with two attached hydrogens (primary N) is 3. The molecule has 2 fully saturated rings. The number of H-pyrrole nitrogens is 2. The Morgan fingerprint density at radius 2 is 1.39 bits per heavy atom. The number of carbonyl (C=O) groups is 2. The van der Waals surface area contributed by atoms with Crippen LogP contribution in [0.4, 0.5) is 11.9 Å². The van der Waals surface area contributed by atoms with Crippen LogP contribution in [-0.4, -0.2) is 121 Å². The number of anilines is 2. The summed E-state index contributed by atoms with van der Waals surface area (Å²) in [6, 6.07) is 9.17. The Bertz CT molecular complexity index is 2870. The van der Waals surface area contributed by atoms with Crippen molar-refractivity contribution in [2.75, 3.05) is 17.7 Å². The molecule has 10 N–H and O–H groups in total. The minimum atomic E-state index is -2.25. The van der Waals surface area contributed by atoms with E-state index in [1.807, 2.05) is 36.5 Å². The van der Waals surface area contributed by atoms with E-state index in [2.05, 4.69) is 110 Å². The number of hydrogen-bond acceptors (Lipinski definition) is 17. The van der Waals surface area contributed by atoms with Crippen LogP contribution >= 0.6 is 34.5 Å². The predicted octanol–water partition coefficient (Wildman–Crippen LogP) is 6.91. The summed E-state index contributed by atoms with van der Waals surface area (Å²) < 4.78 is 42.1. The van der Waals surface area contributed by atoms with Gasteiger partial charge in [-0.25, -0.2) is 9.97 Å². The largest absolute Gasteiger partial charge is 0.408 e. The van der Waals surface area contributed by atoms with Gasteiger partial charge in [0.25, 0.3) is 11.1 Å². The predicted molar refractivity (Wildman–Crippen MR) is 303 cm³/mol. The maximum Gasteiger partial charge on any atom is 0.280 e. The molecule has 74 heavy (non-hydrogen) atoms. The topological polar surface area (TPSA) is 321 Å². The number of amides is 1. The number of nitrogens with one attached hydrogen (secondary N) is 3. The van der Waals surface area contributed by atoms with Crippen molar-refractivity contribution >= 4 is 103 Å². The molecule has 0 saturated carbocycles. The van der Waals surface area contributed by atoms with Crippen molar-refractivity contribution in [1.82, 2.24) is 39.0 Å². The Kier molecular flexibility index (Phi) is 20.5. The second-order valence-corrected chi connectivity index (χ2v) is 31.7. The van der Waals surface area contributed by atoms with Gasteiger partial charge in [-0.2, -0.15) is 9.97 Å². The normalized spacial score (nSPS) is 22.8. The van der Waals surface area contributed by atoms with Crippen molar-refractivity contribution in [3.63, 3.8) is 0 Å². The third kappa shape index (κ3) is 14.8. The zero-order chi connectivity index (χ0) is 57.4. The fraction of sp³-hybridized carbons (Fsp3) is 0.604. The lowest BCUT2D eigenvalue weighted by Gasteiger charge is -2.40. The van der Waals surface area contributed by atoms with Crippen molar-refractivity contribution in [2.45, 2.75) is 168 Å². The van der Waals surface area contributed by atoms with Crippen LogP contribution in [0.1, 0.15) is 101 Å². The number of aromatic nitrogens is 8. The van der Waals surface area contributed by atoms with Crippen LogP contribution in [0.3, 0.4) is 0 Å². The van der Waals surface area contributed by atoms with E-state index >= 15 is 0 Å². The lowest BCUT2D eigenvalue weighted by molar-refractivity contribution is -0.119. The standard InChI is InChI=1S/C24H34N6O3Si.C20H34N6O5Si.C4H7ClO.H2IN/c1-7-16-17(26-13-15-11-9-8-10-12-15)19(33-34(5,6)24(2,3)4)22(32-16)30-14-27-18-20(30)28-23(25)29-21(18)31;1-10(2)16(28)24-19-23-15-13(17(29)25-19)22-9-26(15)18-14(12(21)11(8-27)30-18)31-32(6,7)20(3,4)5;1-3(2)4(5)6;1-2/h8-14,16-17,19,22H,7H2,1-6H3,(H3,25,28,29,31);9-12,14,18,27H,8,21H2,1-7H3,(H2,23,24,25,28,29);3H,1-2H3;2H2/t16-,17-,19-,22-;11-,12-,14-,18-;;/m11../s1/i/hTD. The van der Waals surface area contributed by atoms with Gasteiger partial charge in [-0.15, -0.1) is 0 Å². The molecule has 8 atom stereocenters. The van der Waals surface area contributed by atoms with E-state index in [1.54, 1.807) is 43.2 Å². The molecule has 5 aromatic rings. The van der Waals surface area contributed by atoms with E-state index in [0.29, 0.717) is 9.58 Å². The maximum atomic E-state index is 12.6. The number of halogens is 2. The van der Waals surface area contributed by atoms with E-state index in [9.17, 15) is 24.3 Å². The van der Waals surface area contributed by atoms with Crippen LogP contribution in [0.2, 0.25) is 39.1 Å². The number of aromatic amines is 2. The summed E-state index contributed by atoms with van der Waals surface area (Å²) in [4.78, 5) is 74.2. The first-order valence-electron chi connectivity index (χ1n) is 25.3. The molecule has 2 aliphatic heterocycles. The molecule has 7 rings (SSSR count). The molecular weight excluding hydrogens is 1120 g/mol. The molecule has 22 nitrogen and oxygen atoms in total. The number of fused-ring (bicyclic) bond motifs is 2. The zero-order valence-electron chi connectivity index (χ0n) is 47.0. The number of ether oxygens (including phenoxy) is 2. The highest BCUT2D eigenvalue weighted by molar-refractivity contribution is 14.1. The number of aliphatic hydroxyl groups is 1. The number of hydrogen-bond donors (Lipinski definition) is 7. The van der Waals surface area contributed by atoms with Gasteiger partial charge >= 0.3 is 0 Å². The minimum absolute atomic E-state index is 0.00756. The monoisotopic (exact) mass is 1200 g/mol. The number of carbonyl (C=O) groups excluding carboxylic acids is 2. The van der Waals surface area contributed by atoms with Gasteiger partial charge in [0, 0.05) is 40.9 Å². The second-order valence-electron chi connectivity index (χ2n) is 21.8. The van der Waals surface area contributed by atoms with Gasteiger partial charge in [0.15, 0.2) is 51.4 Å². The zero-order valence-corrected chi connectivity index (χ0v) is 49.9. The van der Waals surface area contributed by atoms with Gasteiger partial charge in [0.1, 0.15) is 27.2 Å². The Balaban J connectivity index is 0.000000279. The molecular formula is C48H77ClIN13O9Si2. The Labute approximate surface area is 456 Å². The number of aliphatic hydroxyl groups excluding tert-OH is 1. The maximum absolute atomic E-state index is 12.6. The Hall–Kier alpha value is -4.30. The summed E-state index contributed by atoms with van der Waals surface area (Å²) in [5.41, 5.74) is 13.3. The van der Waals surface area contributed by atoms with Crippen LogP contribution in [0.25, 0.3) is 22.3 Å². The molecule has 0 bridgehead atoms. The van der Waals surface area contributed by atoms with Crippen LogP contribution in [0.5, 0.6) is 0 Å². The summed E-state index contributed by atoms with van der Waals surface area (Å²) in [6.07, 6.45) is 2.59. The van der Waals surface area contributed by atoms with Crippen molar-refractivity contribution < 1.29 is 35.8 Å². The molecule has 0 spiro atoms. The van der Waals surface area contributed by atoms with Gasteiger partial charge in [-0.1, -0.05) is 106 Å². The number of imidazole rings is 2. The molecule has 0 unspecified atom stereocenters. The van der Waals surface area contributed by atoms with Crippen molar-refractivity contribution in [2.24, 2.45) is 26.5 Å². The molecule has 2 aliphatic rings. The summed E-state index contributed by atoms with van der Waals surface area (Å²) >= 11 is 6.48. The summed E-state index contributed by atoms with van der Waals surface area (Å²) in [7, 11) is -4.46. The number of aliphatic imine (C=N–C) groups is 1. The van der Waals surface area contributed by atoms with E-state index in [0.717, 1.165) is 12.0 Å². The van der Waals surface area contributed by atoms with E-state index < -0.39 is 52.9 Å². The van der Waals surface area contributed by atoms with Crippen LogP contribution in [0, 0.1) is 11.8 Å². The molecule has 4 aromatic heterocycles. The van der Waals surface area contributed by atoms with Crippen LogP contribution in [0.15, 0.2) is 57.6 Å². The van der Waals surface area contributed by atoms with Gasteiger partial charge in [0.05, 0.1) is 31.4 Å². The fourth-order valence-electron chi connectivity index (χ4n) is 7.17. The van der Waals surface area contributed by atoms with E-state index in [-0.39, 0.29) is 92.1 Å². The summed E-state index contributed by atoms with van der Waals surface area (Å²) in [6.45, 7) is 30.4. The quantitative estimate of drug-likeness (QED) is 0.0207. The molecule has 26 heteroatoms. The highest BCUT2D eigenvalue weighted by Gasteiger charge is 2.52. The number of rotatable bonds is 13. The minimum Gasteiger partial charge on any atom is -0.408 e. The average Bonchev–Trinajstić information content (AvgIpc) is 4.08. The van der Waals surface area contributed by atoms with E-state index in [4.69, 9.17) is 49.2 Å². The van der Waals surface area contributed by atoms with Gasteiger partial charge in [-0.05, 0) is 59.8 Å². The van der Waals surface area contributed by atoms with Gasteiger partial charge < -0.3 is 34.9 Å². The first-order valence-corrected chi connectivity index (χ1v) is 31.6. The van der Waals surface area contributed by atoms with Crippen molar-refractivity contribution in [1.29, 1.82) is 0 Å². The van der Waals surface area contributed by atoms with Crippen molar-refractivity contribution in [3.8, 4) is 0 Å².